The van der Waals surface area contributed by atoms with Gasteiger partial charge in [0.25, 0.3) is 0 Å². The molecule has 2 aliphatic heterocycles. The summed E-state index contributed by atoms with van der Waals surface area (Å²) in [5, 5.41) is 2.26. The molecule has 0 unspecified atom stereocenters. The largest absolute Gasteiger partial charge is 0.509 e. The van der Waals surface area contributed by atoms with Crippen molar-refractivity contribution < 1.29 is 25.8 Å². The van der Waals surface area contributed by atoms with Crippen molar-refractivity contribution in [1.82, 2.24) is 9.55 Å². The average Bonchev–Trinajstić information content (AvgIpc) is 3.61. The van der Waals surface area contributed by atoms with E-state index in [1.165, 1.54) is 44.5 Å². The molecule has 5 aromatic carbocycles. The van der Waals surface area contributed by atoms with Crippen LogP contribution < -0.4 is 30.9 Å². The molecular formula is C43H36BN4OPt-3. The number of hydrogen-bond donors (Lipinski definition) is 0. The number of pyridine rings is 1. The minimum atomic E-state index is -0.00349. The molecule has 4 heterocycles. The van der Waals surface area contributed by atoms with E-state index in [1.807, 2.05) is 12.3 Å². The van der Waals surface area contributed by atoms with Crippen molar-refractivity contribution in [2.24, 2.45) is 0 Å². The molecule has 0 radical (unpaired) electrons. The van der Waals surface area contributed by atoms with E-state index in [-0.39, 0.29) is 33.2 Å². The predicted molar refractivity (Wildman–Crippen MR) is 203 cm³/mol. The van der Waals surface area contributed by atoms with Gasteiger partial charge in [-0.1, -0.05) is 96.9 Å². The number of aryl methyl sites for hydroxylation is 2. The summed E-state index contributed by atoms with van der Waals surface area (Å²) in [6, 6.07) is 41.7. The van der Waals surface area contributed by atoms with Gasteiger partial charge in [-0.25, -0.2) is 4.98 Å². The van der Waals surface area contributed by atoms with Gasteiger partial charge >= 0.3 is 0 Å². The zero-order valence-corrected chi connectivity index (χ0v) is 31.3. The first kappa shape index (κ1) is 32.4. The van der Waals surface area contributed by atoms with E-state index < -0.39 is 0 Å². The topological polar surface area (TPSA) is 33.5 Å². The molecule has 9 rings (SSSR count). The molecule has 0 bridgehead atoms. The first-order valence-corrected chi connectivity index (χ1v) is 16.9. The summed E-state index contributed by atoms with van der Waals surface area (Å²) in [5.74, 6) is 2.15. The first-order valence-electron chi connectivity index (χ1n) is 16.9. The number of rotatable bonds is 4. The maximum absolute atomic E-state index is 6.63. The first-order chi connectivity index (χ1) is 23.7. The molecule has 0 N–H and O–H groups in total. The molecule has 250 valence electrons. The zero-order valence-electron chi connectivity index (χ0n) is 29.0. The number of para-hydroxylation sites is 2. The fraction of sp³-hybridized carbons (Fsp3) is 0.163. The fourth-order valence-electron chi connectivity index (χ4n) is 7.82. The molecule has 0 saturated heterocycles. The average molecular weight is 831 g/mol. The van der Waals surface area contributed by atoms with Crippen molar-refractivity contribution in [3.8, 4) is 17.3 Å². The summed E-state index contributed by atoms with van der Waals surface area (Å²) in [6.45, 7) is 13.4. The van der Waals surface area contributed by atoms with Crippen LogP contribution in [-0.2, 0) is 26.5 Å². The maximum Gasteiger partial charge on any atom is 0.181 e. The van der Waals surface area contributed by atoms with Crippen molar-refractivity contribution in [2.75, 3.05) is 16.8 Å². The molecule has 7 heteroatoms. The third kappa shape index (κ3) is 4.99. The van der Waals surface area contributed by atoms with E-state index in [9.17, 15) is 0 Å². The van der Waals surface area contributed by atoms with Gasteiger partial charge in [-0.2, -0.15) is 18.8 Å². The van der Waals surface area contributed by atoms with Gasteiger partial charge < -0.3 is 19.1 Å². The third-order valence-electron chi connectivity index (χ3n) is 10.2. The molecule has 2 aromatic heterocycles. The SMILES string of the molecule is Cc1cccc(C)c1B1c2ccc(Oc3[c-]c4c(cc3)c3ccccc3n4-c3cc(C(C)(C)C)ccn3)[c-]c2N2[CH-]N(C)c3cccc1c32.[Pt]. The Morgan fingerprint density at radius 3 is 2.32 bits per heavy atom. The molecule has 0 aliphatic carbocycles. The van der Waals surface area contributed by atoms with Gasteiger partial charge in [0.1, 0.15) is 5.82 Å². The number of fused-ring (bicyclic) bond motifs is 5. The molecule has 50 heavy (non-hydrogen) atoms. The van der Waals surface area contributed by atoms with E-state index in [0.717, 1.165) is 33.3 Å². The summed E-state index contributed by atoms with van der Waals surface area (Å²) in [7, 11) is 2.11. The second-order valence-corrected chi connectivity index (χ2v) is 14.4. The Hall–Kier alpha value is -4.80. The third-order valence-corrected chi connectivity index (χ3v) is 10.2. The number of aromatic nitrogens is 2. The van der Waals surface area contributed by atoms with Gasteiger partial charge in [-0.15, -0.1) is 40.8 Å². The summed E-state index contributed by atoms with van der Waals surface area (Å²) in [5.41, 5.74) is 13.1. The van der Waals surface area contributed by atoms with Crippen LogP contribution in [-0.4, -0.2) is 23.3 Å². The van der Waals surface area contributed by atoms with Gasteiger partial charge in [0.05, 0.1) is 0 Å². The minimum absolute atomic E-state index is 0. The number of ether oxygens (including phenoxy) is 1. The predicted octanol–water partition coefficient (Wildman–Crippen LogP) is 8.02. The van der Waals surface area contributed by atoms with Crippen molar-refractivity contribution >= 4 is 62.0 Å². The quantitative estimate of drug-likeness (QED) is 0.133. The molecule has 0 fully saturated rings. The Kier molecular flexibility index (Phi) is 7.73. The number of anilines is 3. The molecule has 5 nitrogen and oxygen atoms in total. The summed E-state index contributed by atoms with van der Waals surface area (Å²) in [6.07, 6.45) is 1.90. The Morgan fingerprint density at radius 2 is 1.52 bits per heavy atom. The van der Waals surface area contributed by atoms with Gasteiger partial charge in [0.2, 0.25) is 0 Å². The summed E-state index contributed by atoms with van der Waals surface area (Å²) in [4.78, 5) is 9.30. The van der Waals surface area contributed by atoms with E-state index in [4.69, 9.17) is 9.72 Å². The normalized spacial score (nSPS) is 13.4. The molecule has 0 spiro atoms. The fourth-order valence-corrected chi connectivity index (χ4v) is 7.82. The monoisotopic (exact) mass is 830 g/mol. The number of nitrogens with zero attached hydrogens (tertiary/aromatic N) is 4. The van der Waals surface area contributed by atoms with Crippen LogP contribution >= 0.6 is 0 Å². The molecule has 7 aromatic rings. The van der Waals surface area contributed by atoms with Crippen LogP contribution in [0.15, 0.2) is 103 Å². The molecular weight excluding hydrogens is 794 g/mol. The van der Waals surface area contributed by atoms with Gasteiger partial charge in [-0.05, 0) is 61.5 Å². The number of benzene rings is 5. The van der Waals surface area contributed by atoms with E-state index >= 15 is 0 Å². The maximum atomic E-state index is 6.63. The smallest absolute Gasteiger partial charge is 0.181 e. The van der Waals surface area contributed by atoms with Gasteiger partial charge in [0.15, 0.2) is 6.71 Å². The van der Waals surface area contributed by atoms with E-state index in [2.05, 4.69) is 166 Å². The Morgan fingerprint density at radius 1 is 0.780 bits per heavy atom. The van der Waals surface area contributed by atoms with Crippen molar-refractivity contribution in [1.29, 1.82) is 0 Å². The van der Waals surface area contributed by atoms with Crippen LogP contribution in [0.1, 0.15) is 37.5 Å². The van der Waals surface area contributed by atoms with Crippen molar-refractivity contribution in [3.05, 3.63) is 139 Å². The molecule has 0 amide bonds. The number of hydrogen-bond acceptors (Lipinski definition) is 4. The van der Waals surface area contributed by atoms with Gasteiger partial charge in [-0.3, -0.25) is 0 Å². The van der Waals surface area contributed by atoms with Crippen LogP contribution in [0.4, 0.5) is 17.1 Å². The van der Waals surface area contributed by atoms with Crippen LogP contribution in [0.3, 0.4) is 0 Å². The summed E-state index contributed by atoms with van der Waals surface area (Å²) >= 11 is 0. The Bertz CT molecular complexity index is 2440. The van der Waals surface area contributed by atoms with Crippen LogP contribution in [0, 0.1) is 32.6 Å². The molecule has 2 aliphatic rings. The van der Waals surface area contributed by atoms with E-state index in [1.54, 1.807) is 0 Å². The second kappa shape index (κ2) is 11.9. The zero-order chi connectivity index (χ0) is 33.6. The van der Waals surface area contributed by atoms with E-state index in [0.29, 0.717) is 11.5 Å². The Labute approximate surface area is 308 Å². The molecule has 0 atom stereocenters. The Balaban J connectivity index is 0.00000361. The second-order valence-electron chi connectivity index (χ2n) is 14.4. The minimum Gasteiger partial charge on any atom is -0.509 e. The molecule has 0 saturated carbocycles. The van der Waals surface area contributed by atoms with Crippen LogP contribution in [0.2, 0.25) is 0 Å². The van der Waals surface area contributed by atoms with Crippen LogP contribution in [0.25, 0.3) is 27.6 Å². The summed E-state index contributed by atoms with van der Waals surface area (Å²) < 4.78 is 8.83. The van der Waals surface area contributed by atoms with Crippen LogP contribution in [0.5, 0.6) is 11.5 Å². The van der Waals surface area contributed by atoms with Crippen molar-refractivity contribution in [2.45, 2.75) is 40.0 Å². The van der Waals surface area contributed by atoms with Crippen molar-refractivity contribution in [3.63, 3.8) is 0 Å². The van der Waals surface area contributed by atoms with Gasteiger partial charge in [0, 0.05) is 55.7 Å². The standard InChI is InChI=1S/C43H36BN4O.Pt/c1-27-11-9-12-28(2)41(27)44-34-20-18-31(25-39(34)47-26-46(6)37-16-10-14-35(44)42(37)47)49-30-17-19-33-32-13-7-8-15-36(32)48(38(33)24-30)40-23-29(21-22-45-40)43(3,4)5;/h7-23,26H,1-6H3;/q-3;.